The van der Waals surface area contributed by atoms with Crippen molar-refractivity contribution in [3.63, 3.8) is 0 Å². The van der Waals surface area contributed by atoms with Gasteiger partial charge in [-0.05, 0) is 24.7 Å². The molecule has 0 aliphatic rings. The topological polar surface area (TPSA) is 33.6 Å². The maximum absolute atomic E-state index is 5.06. The minimum Gasteiger partial charge on any atom is -0.303 e. The normalized spacial score (nSPS) is 10.7. The Morgan fingerprint density at radius 1 is 1.64 bits per heavy atom. The second-order valence-corrected chi connectivity index (χ2v) is 4.45. The Bertz CT molecular complexity index is 492. The molecule has 0 aromatic carbocycles. The van der Waals surface area contributed by atoms with E-state index >= 15 is 0 Å². The summed E-state index contributed by atoms with van der Waals surface area (Å²) in [5.74, 6) is 0.908. The van der Waals surface area contributed by atoms with Gasteiger partial charge >= 0.3 is 0 Å². The Balaban J connectivity index is 2.49. The van der Waals surface area contributed by atoms with Crippen LogP contribution in [0.25, 0.3) is 11.4 Å². The lowest BCUT2D eigenvalue weighted by Crippen LogP contribution is -1.90. The number of hydrogen-bond donors (Lipinski definition) is 1. The summed E-state index contributed by atoms with van der Waals surface area (Å²) in [5, 5.41) is 9.08. The summed E-state index contributed by atoms with van der Waals surface area (Å²) < 4.78 is 2.54. The van der Waals surface area contributed by atoms with Crippen molar-refractivity contribution in [2.75, 3.05) is 0 Å². The number of aryl methyl sites for hydroxylation is 1. The number of aromatic amines is 1. The fourth-order valence-electron chi connectivity index (χ4n) is 1.29. The highest BCUT2D eigenvalue weighted by atomic mass is 32.1. The summed E-state index contributed by atoms with van der Waals surface area (Å²) in [7, 11) is 1.92. The third kappa shape index (κ3) is 1.53. The summed E-state index contributed by atoms with van der Waals surface area (Å²) in [5.41, 5.74) is 1.14. The van der Waals surface area contributed by atoms with E-state index in [1.54, 1.807) is 11.3 Å². The standard InChI is InChI=1S/C9H11N3S2/c1-3-7-4-6(5-14-7)8-10-11-9(13)12(8)2/h4-5H,3H2,1-2H3,(H,11,13). The van der Waals surface area contributed by atoms with Crippen LogP contribution in [0.4, 0.5) is 0 Å². The molecule has 0 saturated carbocycles. The number of H-pyrrole nitrogens is 1. The summed E-state index contributed by atoms with van der Waals surface area (Å²) in [6.07, 6.45) is 1.07. The van der Waals surface area contributed by atoms with Gasteiger partial charge in [-0.3, -0.25) is 5.10 Å². The maximum atomic E-state index is 5.06. The second kappa shape index (κ2) is 3.67. The monoisotopic (exact) mass is 225 g/mol. The Labute approximate surface area is 91.4 Å². The first-order valence-electron chi connectivity index (χ1n) is 4.41. The molecule has 2 aromatic rings. The molecule has 5 heteroatoms. The molecule has 0 atom stereocenters. The first-order valence-corrected chi connectivity index (χ1v) is 5.70. The van der Waals surface area contributed by atoms with Crippen LogP contribution >= 0.6 is 23.6 Å². The molecule has 0 radical (unpaired) electrons. The van der Waals surface area contributed by atoms with Gasteiger partial charge in [-0.25, -0.2) is 0 Å². The fraction of sp³-hybridized carbons (Fsp3) is 0.333. The van der Waals surface area contributed by atoms with E-state index in [1.165, 1.54) is 4.88 Å². The van der Waals surface area contributed by atoms with Crippen molar-refractivity contribution >= 4 is 23.6 Å². The maximum Gasteiger partial charge on any atom is 0.195 e. The Morgan fingerprint density at radius 2 is 2.43 bits per heavy atom. The molecule has 3 nitrogen and oxygen atoms in total. The second-order valence-electron chi connectivity index (χ2n) is 3.07. The van der Waals surface area contributed by atoms with Crippen LogP contribution in [0.2, 0.25) is 0 Å². The number of aromatic nitrogens is 3. The molecule has 74 valence electrons. The van der Waals surface area contributed by atoms with Crippen LogP contribution in [0.3, 0.4) is 0 Å². The minimum absolute atomic E-state index is 0.657. The molecule has 0 fully saturated rings. The molecule has 0 aliphatic heterocycles. The highest BCUT2D eigenvalue weighted by Crippen LogP contribution is 2.23. The molecule has 0 unspecified atom stereocenters. The average molecular weight is 225 g/mol. The number of nitrogens with one attached hydrogen (secondary N) is 1. The van der Waals surface area contributed by atoms with Crippen molar-refractivity contribution in [2.24, 2.45) is 7.05 Å². The first-order chi connectivity index (χ1) is 6.72. The summed E-state index contributed by atoms with van der Waals surface area (Å²) in [4.78, 5) is 1.37. The van der Waals surface area contributed by atoms with Crippen LogP contribution in [0.1, 0.15) is 11.8 Å². The molecule has 0 amide bonds. The molecule has 0 aliphatic carbocycles. The van der Waals surface area contributed by atoms with E-state index in [2.05, 4.69) is 28.6 Å². The Morgan fingerprint density at radius 3 is 2.93 bits per heavy atom. The lowest BCUT2D eigenvalue weighted by atomic mass is 10.2. The third-order valence-corrected chi connectivity index (χ3v) is 3.59. The van der Waals surface area contributed by atoms with Crippen molar-refractivity contribution in [2.45, 2.75) is 13.3 Å². The Kier molecular flexibility index (Phi) is 2.52. The van der Waals surface area contributed by atoms with Gasteiger partial charge in [0.25, 0.3) is 0 Å². The Hall–Kier alpha value is -0.940. The predicted molar refractivity (Wildman–Crippen MR) is 61.1 cm³/mol. The largest absolute Gasteiger partial charge is 0.303 e. The number of thiophene rings is 1. The summed E-state index contributed by atoms with van der Waals surface area (Å²) in [6, 6.07) is 2.16. The average Bonchev–Trinajstić information content (AvgIpc) is 2.75. The van der Waals surface area contributed by atoms with Gasteiger partial charge < -0.3 is 4.57 Å². The predicted octanol–water partition coefficient (Wildman–Crippen LogP) is 2.77. The van der Waals surface area contributed by atoms with Crippen molar-refractivity contribution in [3.05, 3.63) is 21.1 Å². The molecule has 0 spiro atoms. The van der Waals surface area contributed by atoms with Gasteiger partial charge in [-0.1, -0.05) is 6.92 Å². The van der Waals surface area contributed by atoms with Crippen molar-refractivity contribution in [3.8, 4) is 11.4 Å². The number of nitrogens with zero attached hydrogens (tertiary/aromatic N) is 2. The zero-order valence-corrected chi connectivity index (χ0v) is 9.71. The zero-order valence-electron chi connectivity index (χ0n) is 8.07. The summed E-state index contributed by atoms with van der Waals surface area (Å²) in [6.45, 7) is 2.15. The zero-order chi connectivity index (χ0) is 10.1. The van der Waals surface area contributed by atoms with Crippen LogP contribution < -0.4 is 0 Å². The van der Waals surface area contributed by atoms with Gasteiger partial charge in [0.05, 0.1) is 0 Å². The van der Waals surface area contributed by atoms with Gasteiger partial charge in [0.15, 0.2) is 10.6 Å². The van der Waals surface area contributed by atoms with E-state index < -0.39 is 0 Å². The van der Waals surface area contributed by atoms with Crippen LogP contribution in [0, 0.1) is 4.77 Å². The summed E-state index contributed by atoms with van der Waals surface area (Å²) >= 11 is 6.82. The molecule has 1 N–H and O–H groups in total. The SMILES string of the molecule is CCc1cc(-c2n[nH]c(=S)n2C)cs1. The van der Waals surface area contributed by atoms with E-state index in [0.717, 1.165) is 17.8 Å². The quantitative estimate of drug-likeness (QED) is 0.797. The molecule has 2 heterocycles. The first kappa shape index (κ1) is 9.61. The van der Waals surface area contributed by atoms with E-state index in [9.17, 15) is 0 Å². The van der Waals surface area contributed by atoms with E-state index in [1.807, 2.05) is 11.6 Å². The van der Waals surface area contributed by atoms with Crippen LogP contribution in [0.15, 0.2) is 11.4 Å². The van der Waals surface area contributed by atoms with Crippen molar-refractivity contribution in [1.29, 1.82) is 0 Å². The molecule has 0 bridgehead atoms. The molecule has 0 saturated heterocycles. The van der Waals surface area contributed by atoms with Crippen molar-refractivity contribution in [1.82, 2.24) is 14.8 Å². The fourth-order valence-corrected chi connectivity index (χ4v) is 2.23. The van der Waals surface area contributed by atoms with Gasteiger partial charge in [-0.2, -0.15) is 5.10 Å². The van der Waals surface area contributed by atoms with E-state index in [4.69, 9.17) is 12.2 Å². The number of rotatable bonds is 2. The third-order valence-electron chi connectivity index (χ3n) is 2.14. The molecular formula is C9H11N3S2. The van der Waals surface area contributed by atoms with Gasteiger partial charge in [0, 0.05) is 22.9 Å². The van der Waals surface area contributed by atoms with E-state index in [-0.39, 0.29) is 0 Å². The highest BCUT2D eigenvalue weighted by molar-refractivity contribution is 7.71. The van der Waals surface area contributed by atoms with Gasteiger partial charge in [0.1, 0.15) is 0 Å². The molecule has 14 heavy (non-hydrogen) atoms. The smallest absolute Gasteiger partial charge is 0.195 e. The molecule has 2 rings (SSSR count). The highest BCUT2D eigenvalue weighted by Gasteiger charge is 2.07. The van der Waals surface area contributed by atoms with Crippen LogP contribution in [-0.2, 0) is 13.5 Å². The van der Waals surface area contributed by atoms with Gasteiger partial charge in [0.2, 0.25) is 0 Å². The molecular weight excluding hydrogens is 214 g/mol. The lowest BCUT2D eigenvalue weighted by Gasteiger charge is -1.94. The van der Waals surface area contributed by atoms with Gasteiger partial charge in [-0.15, -0.1) is 11.3 Å². The van der Waals surface area contributed by atoms with E-state index in [0.29, 0.717) is 4.77 Å². The lowest BCUT2D eigenvalue weighted by molar-refractivity contribution is 0.902. The van der Waals surface area contributed by atoms with Crippen LogP contribution in [0.5, 0.6) is 0 Å². The van der Waals surface area contributed by atoms with Crippen LogP contribution in [-0.4, -0.2) is 14.8 Å². The number of hydrogen-bond acceptors (Lipinski definition) is 3. The van der Waals surface area contributed by atoms with Crippen molar-refractivity contribution < 1.29 is 0 Å². The molecule has 2 aromatic heterocycles. The minimum atomic E-state index is 0.657.